The van der Waals surface area contributed by atoms with Crippen molar-refractivity contribution in [3.63, 3.8) is 0 Å². The van der Waals surface area contributed by atoms with Crippen LogP contribution in [0.4, 0.5) is 5.69 Å². The van der Waals surface area contributed by atoms with Crippen LogP contribution in [-0.2, 0) is 6.54 Å². The molecule has 2 aromatic heterocycles. The molecule has 2 heterocycles. The van der Waals surface area contributed by atoms with Crippen LogP contribution in [0.25, 0.3) is 21.8 Å². The van der Waals surface area contributed by atoms with Crippen molar-refractivity contribution in [2.45, 2.75) is 13.5 Å². The van der Waals surface area contributed by atoms with E-state index in [9.17, 15) is 10.0 Å². The van der Waals surface area contributed by atoms with Crippen LogP contribution >= 0.6 is 0 Å². The molecule has 0 aliphatic carbocycles. The van der Waals surface area contributed by atoms with Gasteiger partial charge in [-0.05, 0) is 37.3 Å². The van der Waals surface area contributed by atoms with Crippen LogP contribution in [0.5, 0.6) is 0 Å². The van der Waals surface area contributed by atoms with E-state index in [1.165, 1.54) is 17.9 Å². The number of rotatable bonds is 3. The third-order valence-corrected chi connectivity index (χ3v) is 4.38. The summed E-state index contributed by atoms with van der Waals surface area (Å²) in [5.41, 5.74) is 3.35. The monoisotopic (exact) mass is 331 g/mol. The number of fused-ring (bicyclic) bond motifs is 3. The maximum atomic E-state index is 12.4. The molecule has 0 unspecified atom stereocenters. The number of carbonyl (C=O) groups excluding carboxylic acids is 1. The maximum Gasteiger partial charge on any atom is 0.261 e. The van der Waals surface area contributed by atoms with Crippen molar-refractivity contribution >= 4 is 33.4 Å². The minimum absolute atomic E-state index is 0.302. The highest BCUT2D eigenvalue weighted by atomic mass is 16.5. The second-order valence-electron chi connectivity index (χ2n) is 5.90. The number of para-hydroxylation sites is 1. The molecule has 0 saturated carbocycles. The van der Waals surface area contributed by atoms with Crippen LogP contribution in [0.1, 0.15) is 17.3 Å². The van der Waals surface area contributed by atoms with Gasteiger partial charge in [0.1, 0.15) is 5.56 Å². The summed E-state index contributed by atoms with van der Waals surface area (Å²) in [5, 5.41) is 16.5. The molecule has 0 aliphatic heterocycles. The summed E-state index contributed by atoms with van der Waals surface area (Å²) < 4.78 is 2.88. The van der Waals surface area contributed by atoms with E-state index in [4.69, 9.17) is 0 Å². The molecule has 0 fully saturated rings. The average molecular weight is 331 g/mol. The summed E-state index contributed by atoms with van der Waals surface area (Å²) in [4.78, 5) is 12.4. The molecule has 0 saturated heterocycles. The van der Waals surface area contributed by atoms with Crippen molar-refractivity contribution < 1.29 is 9.52 Å². The molecular formula is C20H17N3O2. The van der Waals surface area contributed by atoms with Gasteiger partial charge < -0.3 is 15.1 Å². The number of nitrogens with zero attached hydrogens (tertiary/aromatic N) is 2. The Balaban J connectivity index is 1.76. The first-order chi connectivity index (χ1) is 12.2. The Kier molecular flexibility index (Phi) is 3.61. The van der Waals surface area contributed by atoms with Crippen LogP contribution in [-0.4, -0.2) is 10.5 Å². The van der Waals surface area contributed by atoms with Gasteiger partial charge >= 0.3 is 0 Å². The number of carbonyl (C=O) groups is 1. The van der Waals surface area contributed by atoms with Crippen LogP contribution in [0.2, 0.25) is 0 Å². The van der Waals surface area contributed by atoms with Gasteiger partial charge in [0, 0.05) is 40.1 Å². The van der Waals surface area contributed by atoms with Crippen molar-refractivity contribution in [3.05, 3.63) is 77.8 Å². The van der Waals surface area contributed by atoms with Crippen molar-refractivity contribution in [1.29, 1.82) is 0 Å². The van der Waals surface area contributed by atoms with E-state index in [0.29, 0.717) is 16.0 Å². The molecule has 0 bridgehead atoms. The van der Waals surface area contributed by atoms with Crippen molar-refractivity contribution in [3.8, 4) is 0 Å². The molecule has 0 spiro atoms. The predicted molar refractivity (Wildman–Crippen MR) is 98.5 cm³/mol. The SMILES string of the molecule is CCn1c2ccccc2c2cc(NC(=O)c3ccc[n+]([O-])c3)ccc21. The largest absolute Gasteiger partial charge is 0.619 e. The number of hydrogen-bond donors (Lipinski definition) is 1. The number of amides is 1. The molecule has 25 heavy (non-hydrogen) atoms. The smallest absolute Gasteiger partial charge is 0.261 e. The second kappa shape index (κ2) is 5.94. The number of benzene rings is 2. The molecule has 0 aliphatic rings. The summed E-state index contributed by atoms with van der Waals surface area (Å²) in [6.45, 7) is 3.00. The zero-order valence-electron chi connectivity index (χ0n) is 13.8. The zero-order chi connectivity index (χ0) is 17.4. The Morgan fingerprint density at radius 2 is 1.88 bits per heavy atom. The van der Waals surface area contributed by atoms with Gasteiger partial charge in [-0.1, -0.05) is 18.2 Å². The minimum Gasteiger partial charge on any atom is -0.619 e. The van der Waals surface area contributed by atoms with E-state index in [1.54, 1.807) is 12.1 Å². The fourth-order valence-electron chi connectivity index (χ4n) is 3.26. The summed E-state index contributed by atoms with van der Waals surface area (Å²) in [6.07, 6.45) is 2.61. The number of anilines is 1. The van der Waals surface area contributed by atoms with Gasteiger partial charge in [-0.3, -0.25) is 4.79 Å². The van der Waals surface area contributed by atoms with Crippen LogP contribution < -0.4 is 10.0 Å². The van der Waals surface area contributed by atoms with E-state index in [2.05, 4.69) is 28.9 Å². The lowest BCUT2D eigenvalue weighted by Crippen LogP contribution is -2.27. The highest BCUT2D eigenvalue weighted by Crippen LogP contribution is 2.31. The first-order valence-corrected chi connectivity index (χ1v) is 8.18. The third-order valence-electron chi connectivity index (χ3n) is 4.38. The van der Waals surface area contributed by atoms with Gasteiger partial charge in [0.25, 0.3) is 5.91 Å². The van der Waals surface area contributed by atoms with Gasteiger partial charge in [0.05, 0.1) is 0 Å². The molecule has 4 rings (SSSR count). The number of nitrogens with one attached hydrogen (secondary N) is 1. The standard InChI is InChI=1S/C20H17N3O2/c1-2-23-18-8-4-3-7-16(18)17-12-15(9-10-19(17)23)21-20(24)14-6-5-11-22(25)13-14/h3-13H,2H2,1H3,(H,21,24). The van der Waals surface area contributed by atoms with Crippen molar-refractivity contribution in [1.82, 2.24) is 4.57 Å². The highest BCUT2D eigenvalue weighted by molar-refractivity contribution is 6.11. The highest BCUT2D eigenvalue weighted by Gasteiger charge is 2.12. The van der Waals surface area contributed by atoms with Gasteiger partial charge in [-0.15, -0.1) is 0 Å². The first-order valence-electron chi connectivity index (χ1n) is 8.18. The maximum absolute atomic E-state index is 12.4. The summed E-state index contributed by atoms with van der Waals surface area (Å²) in [6, 6.07) is 17.3. The fourth-order valence-corrected chi connectivity index (χ4v) is 3.26. The number of aromatic nitrogens is 2. The van der Waals surface area contributed by atoms with E-state index in [0.717, 1.165) is 22.8 Å². The van der Waals surface area contributed by atoms with E-state index < -0.39 is 0 Å². The van der Waals surface area contributed by atoms with Gasteiger partial charge in [-0.2, -0.15) is 4.73 Å². The van der Waals surface area contributed by atoms with E-state index in [1.807, 2.05) is 30.3 Å². The number of pyridine rings is 1. The van der Waals surface area contributed by atoms with Crippen LogP contribution in [0, 0.1) is 5.21 Å². The summed E-state index contributed by atoms with van der Waals surface area (Å²) in [5.74, 6) is -0.302. The Bertz CT molecular complexity index is 1100. The topological polar surface area (TPSA) is 61.0 Å². The molecule has 1 amide bonds. The van der Waals surface area contributed by atoms with Gasteiger partial charge in [0.15, 0.2) is 12.4 Å². The normalized spacial score (nSPS) is 11.1. The summed E-state index contributed by atoms with van der Waals surface area (Å²) >= 11 is 0. The van der Waals surface area contributed by atoms with Gasteiger partial charge in [0.2, 0.25) is 0 Å². The lowest BCUT2D eigenvalue weighted by atomic mass is 10.1. The number of aryl methyl sites for hydroxylation is 1. The Morgan fingerprint density at radius 1 is 1.08 bits per heavy atom. The molecule has 5 heteroatoms. The lowest BCUT2D eigenvalue weighted by Gasteiger charge is -2.06. The van der Waals surface area contributed by atoms with Gasteiger partial charge in [-0.25, -0.2) is 0 Å². The third kappa shape index (κ3) is 2.59. The lowest BCUT2D eigenvalue weighted by molar-refractivity contribution is -0.605. The Morgan fingerprint density at radius 3 is 2.68 bits per heavy atom. The van der Waals surface area contributed by atoms with E-state index >= 15 is 0 Å². The Hall–Kier alpha value is -3.34. The average Bonchev–Trinajstić information content (AvgIpc) is 2.95. The van der Waals surface area contributed by atoms with Crippen molar-refractivity contribution in [2.75, 3.05) is 5.32 Å². The molecule has 4 aromatic rings. The molecule has 2 aromatic carbocycles. The fraction of sp³-hybridized carbons (Fsp3) is 0.100. The summed E-state index contributed by atoms with van der Waals surface area (Å²) in [7, 11) is 0. The molecule has 124 valence electrons. The molecule has 5 nitrogen and oxygen atoms in total. The molecule has 0 atom stereocenters. The first kappa shape index (κ1) is 15.2. The van der Waals surface area contributed by atoms with E-state index in [-0.39, 0.29) is 5.91 Å². The van der Waals surface area contributed by atoms with Crippen molar-refractivity contribution in [2.24, 2.45) is 0 Å². The predicted octanol–water partition coefficient (Wildman–Crippen LogP) is 3.70. The minimum atomic E-state index is -0.302. The molecular weight excluding hydrogens is 314 g/mol. The second-order valence-corrected chi connectivity index (χ2v) is 5.90. The zero-order valence-corrected chi connectivity index (χ0v) is 13.8. The molecule has 0 radical (unpaired) electrons. The quantitative estimate of drug-likeness (QED) is 0.459. The Labute approximate surface area is 144 Å². The molecule has 1 N–H and O–H groups in total. The van der Waals surface area contributed by atoms with Crippen LogP contribution in [0.3, 0.4) is 0 Å². The van der Waals surface area contributed by atoms with Crippen LogP contribution in [0.15, 0.2) is 67.0 Å². The number of hydrogen-bond acceptors (Lipinski definition) is 2.